The van der Waals surface area contributed by atoms with Crippen molar-refractivity contribution in [3.8, 4) is 0 Å². The van der Waals surface area contributed by atoms with Crippen LogP contribution in [0.2, 0.25) is 0 Å². The lowest BCUT2D eigenvalue weighted by Gasteiger charge is -2.42. The second kappa shape index (κ2) is 14.0. The molecule has 4 unspecified atom stereocenters. The highest BCUT2D eigenvalue weighted by Gasteiger charge is 2.38. The molecule has 0 aliphatic heterocycles. The van der Waals surface area contributed by atoms with Gasteiger partial charge in [-0.3, -0.25) is 14.9 Å². The minimum atomic E-state index is 0.122. The van der Waals surface area contributed by atoms with E-state index in [1.807, 2.05) is 0 Å². The van der Waals surface area contributed by atoms with Crippen LogP contribution in [0.25, 0.3) is 0 Å². The van der Waals surface area contributed by atoms with Crippen molar-refractivity contribution < 1.29 is 14.3 Å². The Morgan fingerprint density at radius 1 is 0.605 bits per heavy atom. The Morgan fingerprint density at radius 3 is 1.87 bits per heavy atom. The van der Waals surface area contributed by atoms with E-state index in [4.69, 9.17) is 4.74 Å². The van der Waals surface area contributed by atoms with E-state index >= 15 is 0 Å². The van der Waals surface area contributed by atoms with E-state index < -0.39 is 0 Å². The number of fused-ring (bicyclic) bond motifs is 1. The Hall–Kier alpha value is -1.14. The molecular formula is C32H55N3O3. The molecule has 0 aromatic rings. The van der Waals surface area contributed by atoms with Crippen LogP contribution in [0.5, 0.6) is 0 Å². The Morgan fingerprint density at radius 2 is 1.18 bits per heavy atom. The first-order chi connectivity index (χ1) is 18.5. The number of hydrogen-bond acceptors (Lipinski definition) is 4. The van der Waals surface area contributed by atoms with Crippen LogP contribution in [0, 0.1) is 29.6 Å². The first-order valence-corrected chi connectivity index (χ1v) is 16.5. The zero-order valence-corrected chi connectivity index (χ0v) is 24.1. The monoisotopic (exact) mass is 529 g/mol. The zero-order chi connectivity index (χ0) is 26.3. The van der Waals surface area contributed by atoms with E-state index in [1.165, 1.54) is 89.9 Å². The standard InChI is InChI=1S/C32H55N3O3/c1-22(36)34-30-16-11-24(12-17-30)23-9-14-28(15-10-23)33-21-38-31-18-13-25-19-27(8-7-26(25)20-31)32(37)35-29-5-3-2-4-6-29/h23-31,33H,2-21H2,1H3,(H,34,36)(H,35,37). The van der Waals surface area contributed by atoms with Crippen LogP contribution in [-0.4, -0.2) is 42.8 Å². The van der Waals surface area contributed by atoms with Crippen LogP contribution in [0.1, 0.15) is 129 Å². The van der Waals surface area contributed by atoms with Crippen molar-refractivity contribution in [1.82, 2.24) is 16.0 Å². The molecule has 0 aromatic heterocycles. The summed E-state index contributed by atoms with van der Waals surface area (Å²) < 4.78 is 6.37. The molecule has 0 heterocycles. The van der Waals surface area contributed by atoms with Gasteiger partial charge in [0.15, 0.2) is 0 Å². The SMILES string of the molecule is CC(=O)NC1CCC(C2CCC(NCOC3CCC4CC(C(=O)NC5CCCCC5)CCC4C3)CC2)CC1. The fourth-order valence-electron chi connectivity index (χ4n) is 8.90. The minimum Gasteiger partial charge on any atom is -0.363 e. The summed E-state index contributed by atoms with van der Waals surface area (Å²) >= 11 is 0. The van der Waals surface area contributed by atoms with Crippen LogP contribution >= 0.6 is 0 Å². The molecule has 4 atom stereocenters. The first-order valence-electron chi connectivity index (χ1n) is 16.5. The van der Waals surface area contributed by atoms with Gasteiger partial charge in [-0.25, -0.2) is 0 Å². The largest absolute Gasteiger partial charge is 0.363 e. The molecule has 5 aliphatic carbocycles. The molecule has 5 rings (SSSR count). The molecule has 216 valence electrons. The van der Waals surface area contributed by atoms with Crippen molar-refractivity contribution in [3.63, 3.8) is 0 Å². The molecule has 6 nitrogen and oxygen atoms in total. The van der Waals surface area contributed by atoms with E-state index in [0.717, 1.165) is 55.8 Å². The maximum Gasteiger partial charge on any atom is 0.223 e. The van der Waals surface area contributed by atoms with E-state index in [1.54, 1.807) is 6.92 Å². The second-order valence-electron chi connectivity index (χ2n) is 13.7. The fourth-order valence-corrected chi connectivity index (χ4v) is 8.90. The number of rotatable bonds is 8. The van der Waals surface area contributed by atoms with Crippen molar-refractivity contribution >= 4 is 11.8 Å². The summed E-state index contributed by atoms with van der Waals surface area (Å²) in [5, 5.41) is 10.2. The lowest BCUT2D eigenvalue weighted by molar-refractivity contribution is -0.128. The maximum absolute atomic E-state index is 12.9. The number of ether oxygens (including phenoxy) is 1. The average molecular weight is 530 g/mol. The third-order valence-corrected chi connectivity index (χ3v) is 11.2. The van der Waals surface area contributed by atoms with E-state index in [9.17, 15) is 9.59 Å². The molecule has 5 aliphatic rings. The van der Waals surface area contributed by atoms with E-state index in [-0.39, 0.29) is 11.8 Å². The molecule has 0 saturated heterocycles. The highest BCUT2D eigenvalue weighted by atomic mass is 16.5. The van der Waals surface area contributed by atoms with E-state index in [2.05, 4.69) is 16.0 Å². The number of nitrogens with one attached hydrogen (secondary N) is 3. The molecule has 0 radical (unpaired) electrons. The first kappa shape index (κ1) is 28.4. The normalized spacial score (nSPS) is 38.7. The van der Waals surface area contributed by atoms with Gasteiger partial charge in [0.2, 0.25) is 11.8 Å². The molecule has 5 saturated carbocycles. The summed E-state index contributed by atoms with van der Waals surface area (Å²) in [4.78, 5) is 24.2. The summed E-state index contributed by atoms with van der Waals surface area (Å²) in [7, 11) is 0. The summed E-state index contributed by atoms with van der Waals surface area (Å²) in [6, 6.07) is 1.46. The van der Waals surface area contributed by atoms with Crippen LogP contribution in [0.15, 0.2) is 0 Å². The van der Waals surface area contributed by atoms with Crippen molar-refractivity contribution in [2.45, 2.75) is 153 Å². The van der Waals surface area contributed by atoms with Gasteiger partial charge in [-0.15, -0.1) is 0 Å². The summed E-state index contributed by atoms with van der Waals surface area (Å²) in [6.07, 6.45) is 23.7. The highest BCUT2D eigenvalue weighted by Crippen LogP contribution is 2.44. The Bertz CT molecular complexity index is 753. The molecule has 0 bridgehead atoms. The second-order valence-corrected chi connectivity index (χ2v) is 13.7. The highest BCUT2D eigenvalue weighted by molar-refractivity contribution is 5.79. The molecule has 0 aromatic carbocycles. The van der Waals surface area contributed by atoms with Gasteiger partial charge in [0.1, 0.15) is 0 Å². The van der Waals surface area contributed by atoms with E-state index in [0.29, 0.717) is 36.9 Å². The van der Waals surface area contributed by atoms with Crippen LogP contribution in [-0.2, 0) is 14.3 Å². The predicted molar refractivity (Wildman–Crippen MR) is 151 cm³/mol. The van der Waals surface area contributed by atoms with Crippen molar-refractivity contribution in [2.75, 3.05) is 6.73 Å². The Kier molecular flexibility index (Phi) is 10.4. The van der Waals surface area contributed by atoms with Gasteiger partial charge in [0, 0.05) is 31.0 Å². The smallest absolute Gasteiger partial charge is 0.223 e. The third kappa shape index (κ3) is 7.96. The summed E-state index contributed by atoms with van der Waals surface area (Å²) in [5.41, 5.74) is 0. The van der Waals surface area contributed by atoms with Crippen molar-refractivity contribution in [3.05, 3.63) is 0 Å². The predicted octanol–water partition coefficient (Wildman–Crippen LogP) is 5.84. The average Bonchev–Trinajstić information content (AvgIpc) is 2.94. The van der Waals surface area contributed by atoms with Crippen LogP contribution < -0.4 is 16.0 Å². The van der Waals surface area contributed by atoms with Crippen molar-refractivity contribution in [1.29, 1.82) is 0 Å². The molecule has 5 fully saturated rings. The number of carbonyl (C=O) groups excluding carboxylic acids is 2. The Balaban J connectivity index is 0.937. The van der Waals surface area contributed by atoms with Crippen LogP contribution in [0.4, 0.5) is 0 Å². The van der Waals surface area contributed by atoms with Gasteiger partial charge in [0.25, 0.3) is 0 Å². The molecule has 2 amide bonds. The third-order valence-electron chi connectivity index (χ3n) is 11.2. The number of amides is 2. The minimum absolute atomic E-state index is 0.122. The molecule has 0 spiro atoms. The number of carbonyl (C=O) groups is 2. The van der Waals surface area contributed by atoms with Gasteiger partial charge in [-0.05, 0) is 126 Å². The summed E-state index contributed by atoms with van der Waals surface area (Å²) in [5.74, 6) is 3.94. The van der Waals surface area contributed by atoms with Gasteiger partial charge >= 0.3 is 0 Å². The summed E-state index contributed by atoms with van der Waals surface area (Å²) in [6.45, 7) is 2.34. The number of hydrogen-bond donors (Lipinski definition) is 3. The molecule has 3 N–H and O–H groups in total. The molecule has 38 heavy (non-hydrogen) atoms. The van der Waals surface area contributed by atoms with Gasteiger partial charge in [0.05, 0.1) is 12.8 Å². The lowest BCUT2D eigenvalue weighted by Crippen LogP contribution is -2.44. The molecule has 6 heteroatoms. The zero-order valence-electron chi connectivity index (χ0n) is 24.1. The van der Waals surface area contributed by atoms with Crippen LogP contribution in [0.3, 0.4) is 0 Å². The Labute approximate surface area is 231 Å². The van der Waals surface area contributed by atoms with Gasteiger partial charge in [-0.1, -0.05) is 19.3 Å². The van der Waals surface area contributed by atoms with Gasteiger partial charge in [-0.2, -0.15) is 0 Å². The topological polar surface area (TPSA) is 79.5 Å². The molecular weight excluding hydrogens is 474 g/mol. The van der Waals surface area contributed by atoms with Crippen molar-refractivity contribution in [2.24, 2.45) is 29.6 Å². The fraction of sp³-hybridized carbons (Fsp3) is 0.938. The quantitative estimate of drug-likeness (QED) is 0.345. The van der Waals surface area contributed by atoms with Gasteiger partial charge < -0.3 is 15.4 Å². The lowest BCUT2D eigenvalue weighted by atomic mass is 9.66. The maximum atomic E-state index is 12.9.